The normalized spacial score (nSPS) is 7.42. The highest BCUT2D eigenvalue weighted by Crippen LogP contribution is 1.88. The van der Waals surface area contributed by atoms with Crippen LogP contribution in [0.5, 0.6) is 0 Å². The highest BCUT2D eigenvalue weighted by Gasteiger charge is 1.91. The van der Waals surface area contributed by atoms with Crippen molar-refractivity contribution in [1.29, 1.82) is 0 Å². The molecule has 70 valence electrons. The Labute approximate surface area is 71.8 Å². The second kappa shape index (κ2) is 12.4. The molecule has 0 aliphatic heterocycles. The fourth-order valence-corrected chi connectivity index (χ4v) is 0.376. The van der Waals surface area contributed by atoms with Gasteiger partial charge in [-0.25, -0.2) is 4.79 Å². The van der Waals surface area contributed by atoms with Crippen molar-refractivity contribution in [3.8, 4) is 0 Å². The number of carbonyl (C=O) groups excluding carboxylic acids is 1. The summed E-state index contributed by atoms with van der Waals surface area (Å²) >= 11 is 0. The summed E-state index contributed by atoms with van der Waals surface area (Å²) in [7, 11) is 0. The largest absolute Gasteiger partial charge is 0.483 e. The highest BCUT2D eigenvalue weighted by molar-refractivity contribution is 5.81. The second-order valence-electron chi connectivity index (χ2n) is 1.83. The molecule has 0 saturated heterocycles. The average Bonchev–Trinajstić information content (AvgIpc) is 2.06. The molecule has 4 heteroatoms. The maximum absolute atomic E-state index is 10.3. The molecule has 0 fully saturated rings. The molecular weight excluding hydrogens is 160 g/mol. The van der Waals surface area contributed by atoms with Crippen LogP contribution in [0.15, 0.2) is 12.7 Å². The molecular formula is C8H14O4. The highest BCUT2D eigenvalue weighted by atomic mass is 16.5. The predicted octanol–water partition coefficient (Wildman–Crippen LogP) is 1.22. The van der Waals surface area contributed by atoms with Crippen molar-refractivity contribution in [2.24, 2.45) is 0 Å². The third-order valence-electron chi connectivity index (χ3n) is 0.909. The smallest absolute Gasteiger partial charge is 0.330 e. The van der Waals surface area contributed by atoms with Crippen molar-refractivity contribution in [1.82, 2.24) is 0 Å². The van der Waals surface area contributed by atoms with Crippen LogP contribution in [-0.2, 0) is 14.3 Å². The molecule has 4 nitrogen and oxygen atoms in total. The number of ether oxygens (including phenoxy) is 1. The quantitative estimate of drug-likeness (QED) is 0.301. The van der Waals surface area contributed by atoms with Gasteiger partial charge in [-0.05, 0) is 6.42 Å². The Morgan fingerprint density at radius 1 is 1.67 bits per heavy atom. The molecule has 0 aromatic rings. The zero-order valence-electron chi connectivity index (χ0n) is 7.16. The standard InChI is InChI=1S/C7H12O2.CH2O2/c1-3-5-6-9-7(8)4-2;2-1-3/h4H,2-3,5-6H2,1H3;1H,(H,2,3). The van der Waals surface area contributed by atoms with Gasteiger partial charge in [-0.3, -0.25) is 4.79 Å². The number of esters is 1. The topological polar surface area (TPSA) is 63.6 Å². The summed E-state index contributed by atoms with van der Waals surface area (Å²) in [6.07, 6.45) is 3.15. The summed E-state index contributed by atoms with van der Waals surface area (Å²) in [5, 5.41) is 6.89. The number of hydrogen-bond donors (Lipinski definition) is 1. The van der Waals surface area contributed by atoms with Crippen LogP contribution < -0.4 is 0 Å². The first kappa shape index (κ1) is 13.3. The van der Waals surface area contributed by atoms with Crippen molar-refractivity contribution >= 4 is 12.4 Å². The van der Waals surface area contributed by atoms with E-state index >= 15 is 0 Å². The zero-order chi connectivity index (χ0) is 9.82. The maximum atomic E-state index is 10.3. The van der Waals surface area contributed by atoms with Gasteiger partial charge in [0.2, 0.25) is 0 Å². The summed E-state index contributed by atoms with van der Waals surface area (Å²) in [5.74, 6) is -0.330. The lowest BCUT2D eigenvalue weighted by atomic mass is 10.4. The second-order valence-corrected chi connectivity index (χ2v) is 1.83. The van der Waals surface area contributed by atoms with E-state index in [0.717, 1.165) is 12.8 Å². The number of rotatable bonds is 4. The van der Waals surface area contributed by atoms with Crippen molar-refractivity contribution in [2.45, 2.75) is 19.8 Å². The molecule has 0 aliphatic rings. The van der Waals surface area contributed by atoms with Gasteiger partial charge in [0.15, 0.2) is 0 Å². The first-order valence-electron chi connectivity index (χ1n) is 3.59. The number of carboxylic acid groups (broad SMARTS) is 1. The Morgan fingerprint density at radius 3 is 2.50 bits per heavy atom. The van der Waals surface area contributed by atoms with E-state index in [1.54, 1.807) is 0 Å². The maximum Gasteiger partial charge on any atom is 0.330 e. The van der Waals surface area contributed by atoms with E-state index in [4.69, 9.17) is 9.90 Å². The molecule has 0 aromatic carbocycles. The van der Waals surface area contributed by atoms with Gasteiger partial charge < -0.3 is 9.84 Å². The van der Waals surface area contributed by atoms with Gasteiger partial charge in [0.25, 0.3) is 6.47 Å². The van der Waals surface area contributed by atoms with E-state index in [1.807, 2.05) is 6.92 Å². The SMILES string of the molecule is C=CC(=O)OCCCC.O=CO. The summed E-state index contributed by atoms with van der Waals surface area (Å²) < 4.78 is 4.67. The molecule has 0 aromatic heterocycles. The van der Waals surface area contributed by atoms with Gasteiger partial charge in [-0.2, -0.15) is 0 Å². The number of unbranched alkanes of at least 4 members (excludes halogenated alkanes) is 1. The third kappa shape index (κ3) is 15.9. The van der Waals surface area contributed by atoms with Crippen molar-refractivity contribution in [2.75, 3.05) is 6.61 Å². The Kier molecular flexibility index (Phi) is 13.7. The van der Waals surface area contributed by atoms with E-state index in [2.05, 4.69) is 11.3 Å². The molecule has 0 heterocycles. The molecule has 0 saturated carbocycles. The number of carbonyl (C=O) groups is 2. The molecule has 0 atom stereocenters. The molecule has 0 bridgehead atoms. The molecule has 0 unspecified atom stereocenters. The zero-order valence-corrected chi connectivity index (χ0v) is 7.16. The lowest BCUT2D eigenvalue weighted by molar-refractivity contribution is -0.137. The Balaban J connectivity index is 0. The van der Waals surface area contributed by atoms with Gasteiger partial charge in [-0.15, -0.1) is 0 Å². The summed E-state index contributed by atoms with van der Waals surface area (Å²) in [6, 6.07) is 0. The van der Waals surface area contributed by atoms with Gasteiger partial charge in [-0.1, -0.05) is 19.9 Å². The molecule has 0 radical (unpaired) electrons. The van der Waals surface area contributed by atoms with Gasteiger partial charge in [0.05, 0.1) is 6.61 Å². The van der Waals surface area contributed by atoms with Crippen LogP contribution in [0.3, 0.4) is 0 Å². The first-order valence-corrected chi connectivity index (χ1v) is 3.59. The average molecular weight is 174 g/mol. The monoisotopic (exact) mass is 174 g/mol. The molecule has 0 spiro atoms. The van der Waals surface area contributed by atoms with Crippen molar-refractivity contribution in [3.63, 3.8) is 0 Å². The van der Waals surface area contributed by atoms with E-state index in [-0.39, 0.29) is 12.4 Å². The predicted molar refractivity (Wildman–Crippen MR) is 44.8 cm³/mol. The van der Waals surface area contributed by atoms with Crippen LogP contribution in [-0.4, -0.2) is 24.2 Å². The van der Waals surface area contributed by atoms with Crippen LogP contribution in [0.1, 0.15) is 19.8 Å². The Hall–Kier alpha value is -1.32. The molecule has 1 N–H and O–H groups in total. The van der Waals surface area contributed by atoms with Crippen LogP contribution in [0.25, 0.3) is 0 Å². The summed E-state index contributed by atoms with van der Waals surface area (Å²) in [6.45, 7) is 5.57. The fraction of sp³-hybridized carbons (Fsp3) is 0.500. The van der Waals surface area contributed by atoms with Crippen LogP contribution >= 0.6 is 0 Å². The molecule has 0 aliphatic carbocycles. The van der Waals surface area contributed by atoms with Crippen molar-refractivity contribution in [3.05, 3.63) is 12.7 Å². The van der Waals surface area contributed by atoms with Crippen molar-refractivity contribution < 1.29 is 19.4 Å². The van der Waals surface area contributed by atoms with E-state index in [1.165, 1.54) is 6.08 Å². The van der Waals surface area contributed by atoms with E-state index in [0.29, 0.717) is 6.61 Å². The Morgan fingerprint density at radius 2 is 2.17 bits per heavy atom. The summed E-state index contributed by atoms with van der Waals surface area (Å²) in [5.41, 5.74) is 0. The lowest BCUT2D eigenvalue weighted by Gasteiger charge is -1.97. The third-order valence-corrected chi connectivity index (χ3v) is 0.909. The minimum atomic E-state index is -0.330. The lowest BCUT2D eigenvalue weighted by Crippen LogP contribution is -2.00. The van der Waals surface area contributed by atoms with E-state index < -0.39 is 0 Å². The van der Waals surface area contributed by atoms with Gasteiger partial charge in [0, 0.05) is 6.08 Å². The first-order chi connectivity index (χ1) is 5.72. The minimum absolute atomic E-state index is 0.250. The summed E-state index contributed by atoms with van der Waals surface area (Å²) in [4.78, 5) is 18.7. The minimum Gasteiger partial charge on any atom is -0.483 e. The molecule has 0 amide bonds. The number of hydrogen-bond acceptors (Lipinski definition) is 3. The van der Waals surface area contributed by atoms with E-state index in [9.17, 15) is 4.79 Å². The van der Waals surface area contributed by atoms with Crippen LogP contribution in [0.2, 0.25) is 0 Å². The van der Waals surface area contributed by atoms with Gasteiger partial charge in [0.1, 0.15) is 0 Å². The van der Waals surface area contributed by atoms with Crippen LogP contribution in [0, 0.1) is 0 Å². The molecule has 12 heavy (non-hydrogen) atoms. The molecule has 0 rings (SSSR count). The van der Waals surface area contributed by atoms with Crippen LogP contribution in [0.4, 0.5) is 0 Å². The Bertz CT molecular complexity index is 131. The van der Waals surface area contributed by atoms with Gasteiger partial charge >= 0.3 is 5.97 Å². The fourth-order valence-electron chi connectivity index (χ4n) is 0.376.